The summed E-state index contributed by atoms with van der Waals surface area (Å²) in [5.41, 5.74) is 0.669. The zero-order valence-electron chi connectivity index (χ0n) is 9.94. The molecule has 0 fully saturated rings. The van der Waals surface area contributed by atoms with Crippen LogP contribution >= 0.6 is 11.3 Å². The number of nitrogens with one attached hydrogen (secondary N) is 1. The molecule has 1 N–H and O–H groups in total. The fourth-order valence-corrected chi connectivity index (χ4v) is 2.28. The van der Waals surface area contributed by atoms with Crippen LogP contribution in [0.3, 0.4) is 0 Å². The van der Waals surface area contributed by atoms with E-state index in [0.29, 0.717) is 12.1 Å². The fourth-order valence-electron chi connectivity index (χ4n) is 1.55. The van der Waals surface area contributed by atoms with Gasteiger partial charge in [-0.1, -0.05) is 12.1 Å². The van der Waals surface area contributed by atoms with Crippen molar-refractivity contribution in [1.29, 1.82) is 0 Å². The predicted octanol–water partition coefficient (Wildman–Crippen LogP) is 2.45. The van der Waals surface area contributed by atoms with Gasteiger partial charge < -0.3 is 5.32 Å². The standard InChI is InChI=1S/C13H13FN2OS/c1-9-7-16-13(18-9)8-15-12(17)6-10-3-2-4-11(14)5-10/h2-5,7H,6,8H2,1H3,(H,15,17). The topological polar surface area (TPSA) is 42.0 Å². The molecule has 2 aromatic rings. The van der Waals surface area contributed by atoms with E-state index in [4.69, 9.17) is 0 Å². The van der Waals surface area contributed by atoms with E-state index >= 15 is 0 Å². The number of aromatic nitrogens is 1. The summed E-state index contributed by atoms with van der Waals surface area (Å²) in [5, 5.41) is 3.64. The maximum absolute atomic E-state index is 12.9. The van der Waals surface area contributed by atoms with Crippen LogP contribution in [0, 0.1) is 12.7 Å². The lowest BCUT2D eigenvalue weighted by molar-refractivity contribution is -0.120. The Morgan fingerprint density at radius 1 is 1.50 bits per heavy atom. The summed E-state index contributed by atoms with van der Waals surface area (Å²) in [7, 11) is 0. The van der Waals surface area contributed by atoms with Crippen LogP contribution in [0.5, 0.6) is 0 Å². The molecule has 0 aliphatic heterocycles. The van der Waals surface area contributed by atoms with Crippen molar-refractivity contribution in [2.45, 2.75) is 19.9 Å². The third-order valence-electron chi connectivity index (χ3n) is 2.36. The molecule has 1 heterocycles. The molecule has 0 atom stereocenters. The Bertz CT molecular complexity index is 553. The highest BCUT2D eigenvalue weighted by Crippen LogP contribution is 2.10. The molecule has 0 spiro atoms. The third-order valence-corrected chi connectivity index (χ3v) is 3.27. The molecule has 0 radical (unpaired) electrons. The van der Waals surface area contributed by atoms with E-state index < -0.39 is 0 Å². The van der Waals surface area contributed by atoms with Crippen molar-refractivity contribution >= 4 is 17.2 Å². The number of halogens is 1. The highest BCUT2D eigenvalue weighted by atomic mass is 32.1. The molecule has 3 nitrogen and oxygen atoms in total. The monoisotopic (exact) mass is 264 g/mol. The zero-order chi connectivity index (χ0) is 13.0. The molecule has 0 aliphatic rings. The molecule has 0 aliphatic carbocycles. The highest BCUT2D eigenvalue weighted by molar-refractivity contribution is 7.11. The molecule has 5 heteroatoms. The lowest BCUT2D eigenvalue weighted by Gasteiger charge is -2.03. The molecule has 0 unspecified atom stereocenters. The van der Waals surface area contributed by atoms with Crippen LogP contribution in [0.25, 0.3) is 0 Å². The number of rotatable bonds is 4. The minimum Gasteiger partial charge on any atom is -0.349 e. The number of hydrogen-bond donors (Lipinski definition) is 1. The molecule has 1 aromatic heterocycles. The Morgan fingerprint density at radius 3 is 3.00 bits per heavy atom. The lowest BCUT2D eigenvalue weighted by Crippen LogP contribution is -2.24. The SMILES string of the molecule is Cc1cnc(CNC(=O)Cc2cccc(F)c2)s1. The quantitative estimate of drug-likeness (QED) is 0.921. The average molecular weight is 264 g/mol. The molecule has 1 amide bonds. The number of benzene rings is 1. The largest absolute Gasteiger partial charge is 0.349 e. The first-order valence-electron chi connectivity index (χ1n) is 5.56. The lowest BCUT2D eigenvalue weighted by atomic mass is 10.1. The first-order valence-corrected chi connectivity index (χ1v) is 6.37. The molecule has 2 rings (SSSR count). The second-order valence-corrected chi connectivity index (χ2v) is 5.27. The van der Waals surface area contributed by atoms with Gasteiger partial charge in [0.1, 0.15) is 10.8 Å². The van der Waals surface area contributed by atoms with Gasteiger partial charge >= 0.3 is 0 Å². The third kappa shape index (κ3) is 3.63. The van der Waals surface area contributed by atoms with Crippen LogP contribution in [-0.4, -0.2) is 10.9 Å². The van der Waals surface area contributed by atoms with Gasteiger partial charge in [0.05, 0.1) is 13.0 Å². The van der Waals surface area contributed by atoms with Crippen molar-refractivity contribution in [3.63, 3.8) is 0 Å². The van der Waals surface area contributed by atoms with Crippen molar-refractivity contribution in [3.05, 3.63) is 51.7 Å². The van der Waals surface area contributed by atoms with Gasteiger partial charge in [-0.2, -0.15) is 0 Å². The van der Waals surface area contributed by atoms with E-state index in [1.54, 1.807) is 29.7 Å². The number of nitrogens with zero attached hydrogens (tertiary/aromatic N) is 1. The van der Waals surface area contributed by atoms with Crippen LogP contribution in [0.1, 0.15) is 15.4 Å². The first kappa shape index (κ1) is 12.7. The minimum absolute atomic E-state index is 0.131. The number of hydrogen-bond acceptors (Lipinski definition) is 3. The summed E-state index contributed by atoms with van der Waals surface area (Å²) >= 11 is 1.55. The minimum atomic E-state index is -0.323. The van der Waals surface area contributed by atoms with E-state index in [9.17, 15) is 9.18 Å². The Morgan fingerprint density at radius 2 is 2.33 bits per heavy atom. The maximum atomic E-state index is 12.9. The predicted molar refractivity (Wildman–Crippen MR) is 68.8 cm³/mol. The van der Waals surface area contributed by atoms with Gasteiger partial charge in [0.2, 0.25) is 5.91 Å². The number of thiazole rings is 1. The molecule has 0 saturated carbocycles. The second kappa shape index (κ2) is 5.73. The molecule has 0 bridgehead atoms. The van der Waals surface area contributed by atoms with E-state index in [-0.39, 0.29) is 18.1 Å². The Kier molecular flexibility index (Phi) is 4.04. The maximum Gasteiger partial charge on any atom is 0.224 e. The summed E-state index contributed by atoms with van der Waals surface area (Å²) < 4.78 is 12.9. The molecule has 0 saturated heterocycles. The number of amides is 1. The number of carbonyl (C=O) groups excluding carboxylic acids is 1. The Hall–Kier alpha value is -1.75. The molecular formula is C13H13FN2OS. The van der Waals surface area contributed by atoms with Gasteiger partial charge in [-0.15, -0.1) is 11.3 Å². The first-order chi connectivity index (χ1) is 8.63. The summed E-state index contributed by atoms with van der Waals surface area (Å²) in [4.78, 5) is 16.9. The zero-order valence-corrected chi connectivity index (χ0v) is 10.8. The summed E-state index contributed by atoms with van der Waals surface area (Å²) in [6.45, 7) is 2.39. The summed E-state index contributed by atoms with van der Waals surface area (Å²) in [6.07, 6.45) is 1.96. The van der Waals surface area contributed by atoms with Gasteiger partial charge in [-0.25, -0.2) is 9.37 Å². The van der Waals surface area contributed by atoms with Gasteiger partial charge in [0, 0.05) is 11.1 Å². The van der Waals surface area contributed by atoms with E-state index in [1.165, 1.54) is 12.1 Å². The van der Waals surface area contributed by atoms with E-state index in [1.807, 2.05) is 6.92 Å². The van der Waals surface area contributed by atoms with Crippen LogP contribution in [0.15, 0.2) is 30.5 Å². The molecule has 18 heavy (non-hydrogen) atoms. The van der Waals surface area contributed by atoms with Crippen molar-refractivity contribution in [2.75, 3.05) is 0 Å². The van der Waals surface area contributed by atoms with Gasteiger partial charge in [-0.05, 0) is 24.6 Å². The van der Waals surface area contributed by atoms with Gasteiger partial charge in [-0.3, -0.25) is 4.79 Å². The number of aryl methyl sites for hydroxylation is 1. The molecule has 1 aromatic carbocycles. The highest BCUT2D eigenvalue weighted by Gasteiger charge is 2.05. The van der Waals surface area contributed by atoms with Gasteiger partial charge in [0.25, 0.3) is 0 Å². The van der Waals surface area contributed by atoms with Crippen molar-refractivity contribution in [2.24, 2.45) is 0 Å². The van der Waals surface area contributed by atoms with E-state index in [0.717, 1.165) is 9.88 Å². The Balaban J connectivity index is 1.85. The van der Waals surface area contributed by atoms with Crippen molar-refractivity contribution in [3.8, 4) is 0 Å². The van der Waals surface area contributed by atoms with Gasteiger partial charge in [0.15, 0.2) is 0 Å². The molecular weight excluding hydrogens is 251 g/mol. The summed E-state index contributed by atoms with van der Waals surface area (Å²) in [6, 6.07) is 6.06. The van der Waals surface area contributed by atoms with Crippen LogP contribution in [0.4, 0.5) is 4.39 Å². The fraction of sp³-hybridized carbons (Fsp3) is 0.231. The summed E-state index contributed by atoms with van der Waals surface area (Å²) in [5.74, 6) is -0.454. The normalized spacial score (nSPS) is 10.3. The number of carbonyl (C=O) groups is 1. The Labute approximate surface area is 109 Å². The second-order valence-electron chi connectivity index (χ2n) is 3.95. The van der Waals surface area contributed by atoms with E-state index in [2.05, 4.69) is 10.3 Å². The van der Waals surface area contributed by atoms with Crippen molar-refractivity contribution in [1.82, 2.24) is 10.3 Å². The van der Waals surface area contributed by atoms with Crippen LogP contribution in [0.2, 0.25) is 0 Å². The molecule has 94 valence electrons. The smallest absolute Gasteiger partial charge is 0.224 e. The van der Waals surface area contributed by atoms with Crippen LogP contribution in [-0.2, 0) is 17.8 Å². The van der Waals surface area contributed by atoms with Crippen LogP contribution < -0.4 is 5.32 Å². The van der Waals surface area contributed by atoms with Crippen molar-refractivity contribution < 1.29 is 9.18 Å². The average Bonchev–Trinajstić information content (AvgIpc) is 2.73.